The first kappa shape index (κ1) is 25.9. The summed E-state index contributed by atoms with van der Waals surface area (Å²) >= 11 is 0. The van der Waals surface area contributed by atoms with Crippen LogP contribution >= 0.6 is 0 Å². The van der Waals surface area contributed by atoms with Gasteiger partial charge < -0.3 is 29.2 Å². The number of hydrogen-bond donors (Lipinski definition) is 1. The Morgan fingerprint density at radius 2 is 1.73 bits per heavy atom. The predicted octanol–water partition coefficient (Wildman–Crippen LogP) is 5.40. The SMILES string of the molecule is CCOC(=O)c1ccc(OC[C@H]2c3cc(OC)c(OC)cc3CCN2C(=O)Nc2cccc(C)c2)cc1. The average Bonchev–Trinajstić information content (AvgIpc) is 2.91. The minimum atomic E-state index is -0.379. The smallest absolute Gasteiger partial charge is 0.338 e. The molecule has 0 fully saturated rings. The lowest BCUT2D eigenvalue weighted by molar-refractivity contribution is 0.0526. The van der Waals surface area contributed by atoms with Crippen molar-refractivity contribution in [1.82, 2.24) is 4.90 Å². The highest BCUT2D eigenvalue weighted by Gasteiger charge is 2.33. The van der Waals surface area contributed by atoms with Crippen molar-refractivity contribution in [1.29, 1.82) is 0 Å². The quantitative estimate of drug-likeness (QED) is 0.414. The number of fused-ring (bicyclic) bond motifs is 1. The van der Waals surface area contributed by atoms with Gasteiger partial charge in [-0.25, -0.2) is 9.59 Å². The summed E-state index contributed by atoms with van der Waals surface area (Å²) in [5, 5.41) is 3.02. The molecule has 1 heterocycles. The van der Waals surface area contributed by atoms with Gasteiger partial charge in [-0.15, -0.1) is 0 Å². The Kier molecular flexibility index (Phi) is 8.18. The number of rotatable bonds is 8. The second-order valence-corrected chi connectivity index (χ2v) is 8.72. The Bertz CT molecular complexity index is 1260. The van der Waals surface area contributed by atoms with Gasteiger partial charge in [0.05, 0.1) is 32.4 Å². The number of amides is 2. The Hall–Kier alpha value is -4.20. The van der Waals surface area contributed by atoms with Crippen LogP contribution in [0.15, 0.2) is 60.7 Å². The molecule has 0 radical (unpaired) electrons. The van der Waals surface area contributed by atoms with E-state index >= 15 is 0 Å². The van der Waals surface area contributed by atoms with Crippen LogP contribution in [0.2, 0.25) is 0 Å². The highest BCUT2D eigenvalue weighted by molar-refractivity contribution is 5.90. The topological polar surface area (TPSA) is 86.3 Å². The van der Waals surface area contributed by atoms with Crippen molar-refractivity contribution < 1.29 is 28.5 Å². The van der Waals surface area contributed by atoms with E-state index in [0.29, 0.717) is 42.4 Å². The van der Waals surface area contributed by atoms with Crippen molar-refractivity contribution in [2.45, 2.75) is 26.3 Å². The van der Waals surface area contributed by atoms with E-state index in [0.717, 1.165) is 22.4 Å². The van der Waals surface area contributed by atoms with Crippen molar-refractivity contribution in [2.24, 2.45) is 0 Å². The zero-order chi connectivity index (χ0) is 26.4. The van der Waals surface area contributed by atoms with E-state index in [4.69, 9.17) is 18.9 Å². The highest BCUT2D eigenvalue weighted by Crippen LogP contribution is 2.38. The molecule has 0 saturated heterocycles. The number of ether oxygens (including phenoxy) is 4. The molecule has 0 saturated carbocycles. The fourth-order valence-electron chi connectivity index (χ4n) is 4.45. The molecule has 0 bridgehead atoms. The summed E-state index contributed by atoms with van der Waals surface area (Å²) in [4.78, 5) is 27.2. The Morgan fingerprint density at radius 3 is 2.41 bits per heavy atom. The van der Waals surface area contributed by atoms with E-state index in [1.807, 2.05) is 43.3 Å². The average molecular weight is 505 g/mol. The largest absolute Gasteiger partial charge is 0.493 e. The van der Waals surface area contributed by atoms with Gasteiger partial charge in [0.2, 0.25) is 0 Å². The number of nitrogens with zero attached hydrogens (tertiary/aromatic N) is 1. The second kappa shape index (κ2) is 11.7. The van der Waals surface area contributed by atoms with Crippen LogP contribution in [-0.2, 0) is 11.2 Å². The maximum atomic E-state index is 13.4. The normalized spacial score (nSPS) is 14.4. The van der Waals surface area contributed by atoms with E-state index in [-0.39, 0.29) is 24.6 Å². The van der Waals surface area contributed by atoms with Gasteiger partial charge in [0.25, 0.3) is 0 Å². The van der Waals surface area contributed by atoms with Crippen molar-refractivity contribution in [2.75, 3.05) is 39.3 Å². The molecular weight excluding hydrogens is 472 g/mol. The Balaban J connectivity index is 1.60. The molecule has 8 heteroatoms. The van der Waals surface area contributed by atoms with Crippen LogP contribution in [0.3, 0.4) is 0 Å². The first-order valence-corrected chi connectivity index (χ1v) is 12.2. The molecule has 1 aliphatic heterocycles. The molecule has 0 aromatic heterocycles. The van der Waals surface area contributed by atoms with Crippen LogP contribution in [-0.4, -0.2) is 50.9 Å². The first-order chi connectivity index (χ1) is 17.9. The van der Waals surface area contributed by atoms with Crippen LogP contribution in [0.1, 0.15) is 40.0 Å². The van der Waals surface area contributed by atoms with Crippen LogP contribution in [0.25, 0.3) is 0 Å². The summed E-state index contributed by atoms with van der Waals surface area (Å²) in [6.45, 7) is 4.78. The fraction of sp³-hybridized carbons (Fsp3) is 0.310. The number of carbonyl (C=O) groups excluding carboxylic acids is 2. The Labute approximate surface area is 217 Å². The molecule has 0 spiro atoms. The molecule has 8 nitrogen and oxygen atoms in total. The minimum Gasteiger partial charge on any atom is -0.493 e. The van der Waals surface area contributed by atoms with Gasteiger partial charge in [0.1, 0.15) is 12.4 Å². The van der Waals surface area contributed by atoms with Gasteiger partial charge in [0.15, 0.2) is 11.5 Å². The second-order valence-electron chi connectivity index (χ2n) is 8.72. The van der Waals surface area contributed by atoms with Crippen molar-refractivity contribution >= 4 is 17.7 Å². The van der Waals surface area contributed by atoms with Gasteiger partial charge in [-0.3, -0.25) is 0 Å². The molecule has 1 aliphatic rings. The number of esters is 1. The minimum absolute atomic E-state index is 0.211. The molecule has 2 amide bonds. The molecule has 4 rings (SSSR count). The van der Waals surface area contributed by atoms with Gasteiger partial charge in [-0.05, 0) is 85.5 Å². The van der Waals surface area contributed by atoms with Crippen LogP contribution in [0.5, 0.6) is 17.2 Å². The van der Waals surface area contributed by atoms with Gasteiger partial charge >= 0.3 is 12.0 Å². The number of urea groups is 1. The number of hydrogen-bond acceptors (Lipinski definition) is 6. The molecule has 0 aliphatic carbocycles. The van der Waals surface area contributed by atoms with Crippen molar-refractivity contribution in [3.05, 3.63) is 82.9 Å². The van der Waals surface area contributed by atoms with Gasteiger partial charge in [-0.1, -0.05) is 12.1 Å². The zero-order valence-corrected chi connectivity index (χ0v) is 21.6. The van der Waals surface area contributed by atoms with E-state index in [1.54, 1.807) is 50.3 Å². The molecular formula is C29H32N2O6. The summed E-state index contributed by atoms with van der Waals surface area (Å²) in [7, 11) is 3.20. The van der Waals surface area contributed by atoms with Crippen molar-refractivity contribution in [3.63, 3.8) is 0 Å². The van der Waals surface area contributed by atoms with Crippen LogP contribution in [0, 0.1) is 6.92 Å². The number of methoxy groups -OCH3 is 2. The maximum Gasteiger partial charge on any atom is 0.338 e. The predicted molar refractivity (Wildman–Crippen MR) is 141 cm³/mol. The fourth-order valence-corrected chi connectivity index (χ4v) is 4.45. The number of nitrogens with one attached hydrogen (secondary N) is 1. The summed E-state index contributed by atoms with van der Waals surface area (Å²) in [5.74, 6) is 1.44. The third kappa shape index (κ3) is 5.97. The van der Waals surface area contributed by atoms with Crippen LogP contribution < -0.4 is 19.5 Å². The zero-order valence-electron chi connectivity index (χ0n) is 21.6. The van der Waals surface area contributed by atoms with E-state index in [1.165, 1.54) is 0 Å². The van der Waals surface area contributed by atoms with Gasteiger partial charge in [0, 0.05) is 12.2 Å². The molecule has 37 heavy (non-hydrogen) atoms. The number of carbonyl (C=O) groups is 2. The van der Waals surface area contributed by atoms with E-state index in [2.05, 4.69) is 5.32 Å². The highest BCUT2D eigenvalue weighted by atomic mass is 16.5. The lowest BCUT2D eigenvalue weighted by atomic mass is 9.92. The van der Waals surface area contributed by atoms with E-state index < -0.39 is 0 Å². The number of aryl methyl sites for hydroxylation is 1. The maximum absolute atomic E-state index is 13.4. The molecule has 194 valence electrons. The third-order valence-electron chi connectivity index (χ3n) is 6.31. The third-order valence-corrected chi connectivity index (χ3v) is 6.31. The van der Waals surface area contributed by atoms with Crippen LogP contribution in [0.4, 0.5) is 10.5 Å². The first-order valence-electron chi connectivity index (χ1n) is 12.2. The molecule has 1 atom stereocenters. The van der Waals surface area contributed by atoms with E-state index in [9.17, 15) is 9.59 Å². The molecule has 0 unspecified atom stereocenters. The monoisotopic (exact) mass is 504 g/mol. The molecule has 1 N–H and O–H groups in total. The standard InChI is InChI=1S/C29H32N2O6/c1-5-36-28(32)20-9-11-23(12-10-20)37-18-25-24-17-27(35-4)26(34-3)16-21(24)13-14-31(25)29(33)30-22-8-6-7-19(2)15-22/h6-12,15-17,25H,5,13-14,18H2,1-4H3,(H,30,33)/t25-/m0/s1. The Morgan fingerprint density at radius 1 is 1.00 bits per heavy atom. The van der Waals surface area contributed by atoms with Gasteiger partial charge in [-0.2, -0.15) is 0 Å². The van der Waals surface area contributed by atoms with Crippen molar-refractivity contribution in [3.8, 4) is 17.2 Å². The summed E-state index contributed by atoms with van der Waals surface area (Å²) in [6, 6.07) is 17.8. The lowest BCUT2D eigenvalue weighted by Gasteiger charge is -2.37. The summed E-state index contributed by atoms with van der Waals surface area (Å²) in [6.07, 6.45) is 0.668. The molecule has 3 aromatic carbocycles. The summed E-state index contributed by atoms with van der Waals surface area (Å²) < 4.78 is 22.2. The number of benzene rings is 3. The number of anilines is 1. The lowest BCUT2D eigenvalue weighted by Crippen LogP contribution is -2.44. The molecule has 3 aromatic rings. The summed E-state index contributed by atoms with van der Waals surface area (Å²) in [5.41, 5.74) is 4.25.